The number of ether oxygens (including phenoxy) is 1. The number of hydrogen-bond donors (Lipinski definition) is 1. The molecule has 1 heterocycles. The van der Waals surface area contributed by atoms with E-state index in [2.05, 4.69) is 4.98 Å². The van der Waals surface area contributed by atoms with E-state index in [1.54, 1.807) is 24.3 Å². The fourth-order valence-electron chi connectivity index (χ4n) is 1.54. The van der Waals surface area contributed by atoms with Crippen LogP contribution in [0.4, 0.5) is 0 Å². The first-order valence-corrected chi connectivity index (χ1v) is 5.72. The Labute approximate surface area is 109 Å². The molecule has 0 fully saturated rings. The predicted octanol–water partition coefficient (Wildman–Crippen LogP) is 3.05. The van der Waals surface area contributed by atoms with E-state index >= 15 is 0 Å². The highest BCUT2D eigenvalue weighted by atomic mass is 35.5. The number of carboxylic acid groups (broad SMARTS) is 1. The van der Waals surface area contributed by atoms with Crippen molar-refractivity contribution in [3.8, 4) is 11.8 Å². The van der Waals surface area contributed by atoms with Gasteiger partial charge >= 0.3 is 12.0 Å². The van der Waals surface area contributed by atoms with Gasteiger partial charge in [-0.2, -0.15) is 0 Å². The van der Waals surface area contributed by atoms with Crippen molar-refractivity contribution in [3.63, 3.8) is 0 Å². The number of hydrogen-bond acceptors (Lipinski definition) is 3. The molecule has 18 heavy (non-hydrogen) atoms. The van der Waals surface area contributed by atoms with E-state index in [0.717, 1.165) is 0 Å². The van der Waals surface area contributed by atoms with E-state index in [4.69, 9.17) is 21.4 Å². The summed E-state index contributed by atoms with van der Waals surface area (Å²) >= 11 is 5.96. The summed E-state index contributed by atoms with van der Waals surface area (Å²) in [6.45, 7) is 2.26. The topological polar surface area (TPSA) is 64.4 Å². The largest absolute Gasteiger partial charge is 0.477 e. The summed E-state index contributed by atoms with van der Waals surface area (Å²) in [5, 5.41) is 9.43. The lowest BCUT2D eigenvalue weighted by Crippen LogP contribution is -2.08. The van der Waals surface area contributed by atoms with Gasteiger partial charge in [0.25, 0.3) is 0 Å². The summed E-state index contributed by atoms with van der Waals surface area (Å²) in [4.78, 5) is 14.9. The summed E-state index contributed by atoms with van der Waals surface area (Å²) in [6.07, 6.45) is 1.26. The molecule has 0 aliphatic rings. The number of imidazole rings is 1. The highest BCUT2D eigenvalue weighted by molar-refractivity contribution is 6.32. The minimum absolute atomic E-state index is 0.0829. The molecule has 1 aromatic carbocycles. The molecule has 0 radical (unpaired) electrons. The molecule has 0 bridgehead atoms. The lowest BCUT2D eigenvalue weighted by Gasteiger charge is -2.09. The average Bonchev–Trinajstić information content (AvgIpc) is 2.75. The maximum atomic E-state index is 11.0. The Bertz CT molecular complexity index is 580. The van der Waals surface area contributed by atoms with Crippen molar-refractivity contribution in [1.29, 1.82) is 0 Å². The van der Waals surface area contributed by atoms with Crippen LogP contribution in [0.15, 0.2) is 30.5 Å². The first kappa shape index (κ1) is 12.4. The molecule has 5 nitrogen and oxygen atoms in total. The molecule has 6 heteroatoms. The number of para-hydroxylation sites is 1. The molecule has 0 amide bonds. The van der Waals surface area contributed by atoms with Crippen LogP contribution >= 0.6 is 11.6 Å². The number of aromatic nitrogens is 2. The molecule has 0 unspecified atom stereocenters. The lowest BCUT2D eigenvalue weighted by atomic mass is 10.3. The van der Waals surface area contributed by atoms with Gasteiger partial charge in [0, 0.05) is 6.54 Å². The normalized spacial score (nSPS) is 10.3. The zero-order chi connectivity index (χ0) is 13.1. The van der Waals surface area contributed by atoms with Gasteiger partial charge in [-0.15, -0.1) is 0 Å². The van der Waals surface area contributed by atoms with Crippen molar-refractivity contribution >= 4 is 17.6 Å². The molecule has 0 atom stereocenters. The Morgan fingerprint density at radius 3 is 2.83 bits per heavy atom. The minimum atomic E-state index is -1.04. The summed E-state index contributed by atoms with van der Waals surface area (Å²) in [5.74, 6) is -0.602. The number of benzene rings is 1. The third kappa shape index (κ3) is 2.31. The van der Waals surface area contributed by atoms with Gasteiger partial charge in [0.1, 0.15) is 11.4 Å². The molecular formula is C12H11ClN2O3. The van der Waals surface area contributed by atoms with Crippen molar-refractivity contribution in [2.75, 3.05) is 0 Å². The van der Waals surface area contributed by atoms with Crippen LogP contribution in [0.25, 0.3) is 0 Å². The summed E-state index contributed by atoms with van der Waals surface area (Å²) in [6, 6.07) is 7.15. The zero-order valence-corrected chi connectivity index (χ0v) is 10.4. The van der Waals surface area contributed by atoms with Crippen molar-refractivity contribution in [2.45, 2.75) is 13.5 Å². The molecule has 1 N–H and O–H groups in total. The van der Waals surface area contributed by atoms with Gasteiger partial charge in [-0.3, -0.25) is 4.57 Å². The molecule has 0 saturated heterocycles. The highest BCUT2D eigenvalue weighted by Crippen LogP contribution is 2.28. The zero-order valence-electron chi connectivity index (χ0n) is 9.63. The van der Waals surface area contributed by atoms with E-state index in [9.17, 15) is 4.79 Å². The second kappa shape index (κ2) is 5.10. The first-order valence-electron chi connectivity index (χ1n) is 5.34. The van der Waals surface area contributed by atoms with E-state index < -0.39 is 5.97 Å². The number of rotatable bonds is 4. The maximum absolute atomic E-state index is 11.0. The van der Waals surface area contributed by atoms with Gasteiger partial charge in [0.2, 0.25) is 0 Å². The fraction of sp³-hybridized carbons (Fsp3) is 0.167. The third-order valence-electron chi connectivity index (χ3n) is 2.39. The summed E-state index contributed by atoms with van der Waals surface area (Å²) in [7, 11) is 0. The summed E-state index contributed by atoms with van der Waals surface area (Å²) in [5.41, 5.74) is 0.0829. The molecule has 2 rings (SSSR count). The van der Waals surface area contributed by atoms with E-state index in [1.807, 2.05) is 6.92 Å². The smallest absolute Gasteiger partial charge is 0.354 e. The molecule has 2 aromatic rings. The van der Waals surface area contributed by atoms with E-state index in [-0.39, 0.29) is 11.7 Å². The third-order valence-corrected chi connectivity index (χ3v) is 2.70. The lowest BCUT2D eigenvalue weighted by molar-refractivity contribution is 0.0684. The van der Waals surface area contributed by atoms with Crippen molar-refractivity contribution in [1.82, 2.24) is 9.55 Å². The number of nitrogens with zero attached hydrogens (tertiary/aromatic N) is 2. The first-order chi connectivity index (χ1) is 8.63. The Morgan fingerprint density at radius 1 is 1.50 bits per heavy atom. The Balaban J connectivity index is 2.35. The van der Waals surface area contributed by atoms with Crippen LogP contribution in [0.1, 0.15) is 17.4 Å². The molecule has 0 aliphatic carbocycles. The molecule has 1 aromatic heterocycles. The number of halogens is 1. The summed E-state index contributed by atoms with van der Waals surface area (Å²) < 4.78 is 6.98. The number of carbonyl (C=O) groups is 1. The van der Waals surface area contributed by atoms with Crippen LogP contribution in [0.3, 0.4) is 0 Å². The maximum Gasteiger partial charge on any atom is 0.354 e. The van der Waals surface area contributed by atoms with Gasteiger partial charge in [-0.05, 0) is 19.1 Å². The van der Waals surface area contributed by atoms with E-state index in [1.165, 1.54) is 10.8 Å². The van der Waals surface area contributed by atoms with Gasteiger partial charge in [-0.1, -0.05) is 23.7 Å². The second-order valence-corrected chi connectivity index (χ2v) is 3.92. The SMILES string of the molecule is CCn1c(C(=O)O)cnc1Oc1ccccc1Cl. The minimum Gasteiger partial charge on any atom is -0.477 e. The predicted molar refractivity (Wildman–Crippen MR) is 66.4 cm³/mol. The van der Waals surface area contributed by atoms with Gasteiger partial charge < -0.3 is 9.84 Å². The Morgan fingerprint density at radius 2 is 2.22 bits per heavy atom. The van der Waals surface area contributed by atoms with Crippen molar-refractivity contribution in [3.05, 3.63) is 41.2 Å². The second-order valence-electron chi connectivity index (χ2n) is 3.51. The molecule has 0 spiro atoms. The quantitative estimate of drug-likeness (QED) is 0.924. The van der Waals surface area contributed by atoms with Crippen LogP contribution in [0.5, 0.6) is 11.8 Å². The molecule has 94 valence electrons. The molecule has 0 aliphatic heterocycles. The monoisotopic (exact) mass is 266 g/mol. The van der Waals surface area contributed by atoms with Crippen molar-refractivity contribution in [2.24, 2.45) is 0 Å². The number of aromatic carboxylic acids is 1. The van der Waals surface area contributed by atoms with Crippen LogP contribution in [-0.4, -0.2) is 20.6 Å². The standard InChI is InChI=1S/C12H11ClN2O3/c1-2-15-9(11(16)17)7-14-12(15)18-10-6-4-3-5-8(10)13/h3-7H,2H2,1H3,(H,16,17). The highest BCUT2D eigenvalue weighted by Gasteiger charge is 2.16. The fourth-order valence-corrected chi connectivity index (χ4v) is 1.72. The van der Waals surface area contributed by atoms with Crippen LogP contribution < -0.4 is 4.74 Å². The Hall–Kier alpha value is -2.01. The van der Waals surface area contributed by atoms with Gasteiger partial charge in [0.05, 0.1) is 11.2 Å². The van der Waals surface area contributed by atoms with Crippen LogP contribution in [0, 0.1) is 0 Å². The van der Waals surface area contributed by atoms with Gasteiger partial charge in [0.15, 0.2) is 0 Å². The number of carboxylic acids is 1. The average molecular weight is 267 g/mol. The Kier molecular flexibility index (Phi) is 3.53. The van der Waals surface area contributed by atoms with Crippen LogP contribution in [-0.2, 0) is 6.54 Å². The van der Waals surface area contributed by atoms with Gasteiger partial charge in [-0.25, -0.2) is 9.78 Å². The van der Waals surface area contributed by atoms with E-state index in [0.29, 0.717) is 17.3 Å². The molecule has 0 saturated carbocycles. The van der Waals surface area contributed by atoms with Crippen molar-refractivity contribution < 1.29 is 14.6 Å². The molecular weight excluding hydrogens is 256 g/mol. The van der Waals surface area contributed by atoms with Crippen LogP contribution in [0.2, 0.25) is 5.02 Å².